The van der Waals surface area contributed by atoms with Gasteiger partial charge in [-0.25, -0.2) is 0 Å². The summed E-state index contributed by atoms with van der Waals surface area (Å²) in [5, 5.41) is 0. The maximum absolute atomic E-state index is 12.6. The van der Waals surface area contributed by atoms with Crippen molar-refractivity contribution in [3.05, 3.63) is 58.7 Å². The molecule has 2 aromatic rings. The quantitative estimate of drug-likeness (QED) is 0.421. The van der Waals surface area contributed by atoms with Crippen molar-refractivity contribution in [2.75, 3.05) is 7.11 Å². The highest BCUT2D eigenvalue weighted by Gasteiger charge is 2.48. The van der Waals surface area contributed by atoms with Crippen molar-refractivity contribution < 1.29 is 30.5 Å². The third kappa shape index (κ3) is 4.37. The first-order valence-electron chi connectivity index (χ1n) is 9.18. The summed E-state index contributed by atoms with van der Waals surface area (Å²) in [5.74, 6) is 0.435. The summed E-state index contributed by atoms with van der Waals surface area (Å²) in [6.07, 6.45) is 1.49. The topological polar surface area (TPSA) is 52.6 Å². The number of hydrogen-bond acceptors (Lipinski definition) is 4. The SMILES string of the molecule is CCC(CC)(c1ccc(OC)c(C)c1)c1ccc(OS(=O)(=O)C(F)(F)F)c(C)c1. The van der Waals surface area contributed by atoms with E-state index in [9.17, 15) is 21.6 Å². The minimum absolute atomic E-state index is 0.312. The van der Waals surface area contributed by atoms with Crippen LogP contribution in [0.2, 0.25) is 0 Å². The summed E-state index contributed by atoms with van der Waals surface area (Å²) in [7, 11) is -4.11. The number of alkyl halides is 3. The van der Waals surface area contributed by atoms with Crippen molar-refractivity contribution in [2.24, 2.45) is 0 Å². The smallest absolute Gasteiger partial charge is 0.496 e. The van der Waals surface area contributed by atoms with Crippen LogP contribution in [0.15, 0.2) is 36.4 Å². The van der Waals surface area contributed by atoms with E-state index >= 15 is 0 Å². The Kier molecular flexibility index (Phi) is 6.57. The number of halogens is 3. The van der Waals surface area contributed by atoms with Crippen LogP contribution in [-0.2, 0) is 15.5 Å². The van der Waals surface area contributed by atoms with Crippen LogP contribution < -0.4 is 8.92 Å². The number of ether oxygens (including phenoxy) is 1. The summed E-state index contributed by atoms with van der Waals surface area (Å²) in [6.45, 7) is 7.55. The molecule has 0 aromatic heterocycles. The Balaban J connectivity index is 2.53. The Morgan fingerprint density at radius 3 is 1.66 bits per heavy atom. The molecular weight excluding hydrogens is 405 g/mol. The number of aryl methyl sites for hydroxylation is 2. The summed E-state index contributed by atoms with van der Waals surface area (Å²) in [4.78, 5) is 0. The van der Waals surface area contributed by atoms with Gasteiger partial charge in [0.25, 0.3) is 0 Å². The van der Waals surface area contributed by atoms with Gasteiger partial charge >= 0.3 is 15.6 Å². The fourth-order valence-electron chi connectivity index (χ4n) is 3.62. The second-order valence-corrected chi connectivity index (χ2v) is 8.47. The van der Waals surface area contributed by atoms with Crippen LogP contribution in [0.3, 0.4) is 0 Å². The van der Waals surface area contributed by atoms with Crippen LogP contribution in [0, 0.1) is 13.8 Å². The monoisotopic (exact) mass is 430 g/mol. The Hall–Kier alpha value is -2.22. The van der Waals surface area contributed by atoms with E-state index in [1.54, 1.807) is 19.2 Å². The molecule has 4 nitrogen and oxygen atoms in total. The summed E-state index contributed by atoms with van der Waals surface area (Å²) >= 11 is 0. The molecular formula is C21H25F3O4S. The molecule has 2 aromatic carbocycles. The normalized spacial score (nSPS) is 12.7. The lowest BCUT2D eigenvalue weighted by Crippen LogP contribution is -2.29. The molecule has 0 unspecified atom stereocenters. The average molecular weight is 430 g/mol. The van der Waals surface area contributed by atoms with Gasteiger partial charge in [-0.3, -0.25) is 0 Å². The fraction of sp³-hybridized carbons (Fsp3) is 0.429. The van der Waals surface area contributed by atoms with E-state index in [0.717, 1.165) is 35.3 Å². The van der Waals surface area contributed by atoms with E-state index in [0.29, 0.717) is 5.56 Å². The van der Waals surface area contributed by atoms with E-state index in [-0.39, 0.29) is 11.2 Å². The lowest BCUT2D eigenvalue weighted by atomic mass is 9.70. The van der Waals surface area contributed by atoms with Gasteiger partial charge in [0.2, 0.25) is 0 Å². The van der Waals surface area contributed by atoms with Crippen LogP contribution in [-0.4, -0.2) is 21.0 Å². The van der Waals surface area contributed by atoms with Crippen molar-refractivity contribution >= 4 is 10.1 Å². The van der Waals surface area contributed by atoms with E-state index < -0.39 is 15.6 Å². The predicted molar refractivity (Wildman–Crippen MR) is 106 cm³/mol. The van der Waals surface area contributed by atoms with E-state index in [2.05, 4.69) is 4.18 Å². The van der Waals surface area contributed by atoms with Crippen molar-refractivity contribution in [3.8, 4) is 11.5 Å². The van der Waals surface area contributed by atoms with Crippen LogP contribution in [0.25, 0.3) is 0 Å². The van der Waals surface area contributed by atoms with E-state index in [1.807, 2.05) is 39.0 Å². The average Bonchev–Trinajstić information content (AvgIpc) is 2.64. The third-order valence-corrected chi connectivity index (χ3v) is 6.33. The van der Waals surface area contributed by atoms with Gasteiger partial charge < -0.3 is 8.92 Å². The molecule has 0 fully saturated rings. The molecule has 0 N–H and O–H groups in total. The van der Waals surface area contributed by atoms with Gasteiger partial charge in [0.05, 0.1) is 7.11 Å². The molecule has 0 aliphatic heterocycles. The van der Waals surface area contributed by atoms with Crippen molar-refractivity contribution in [3.63, 3.8) is 0 Å². The highest BCUT2D eigenvalue weighted by Crippen LogP contribution is 2.42. The first-order chi connectivity index (χ1) is 13.4. The molecule has 0 heterocycles. The standard InChI is InChI=1S/C21H25F3O4S/c1-6-20(7-2,16-8-10-18(27-5)14(3)12-16)17-9-11-19(15(4)13-17)28-29(25,26)21(22,23)24/h8-13H,6-7H2,1-5H3. The maximum Gasteiger partial charge on any atom is 0.534 e. The molecule has 29 heavy (non-hydrogen) atoms. The number of hydrogen-bond donors (Lipinski definition) is 0. The van der Waals surface area contributed by atoms with Crippen molar-refractivity contribution in [2.45, 2.75) is 51.5 Å². The maximum atomic E-state index is 12.6. The van der Waals surface area contributed by atoms with Crippen LogP contribution >= 0.6 is 0 Å². The molecule has 0 spiro atoms. The minimum Gasteiger partial charge on any atom is -0.496 e. The number of methoxy groups -OCH3 is 1. The predicted octanol–water partition coefficient (Wildman–Crippen LogP) is 5.65. The fourth-order valence-corrected chi connectivity index (χ4v) is 4.13. The molecule has 0 radical (unpaired) electrons. The first-order valence-corrected chi connectivity index (χ1v) is 10.6. The molecule has 0 atom stereocenters. The Morgan fingerprint density at radius 2 is 1.31 bits per heavy atom. The van der Waals surface area contributed by atoms with Crippen LogP contribution in [0.4, 0.5) is 13.2 Å². The van der Waals surface area contributed by atoms with Gasteiger partial charge in [-0.1, -0.05) is 38.1 Å². The first kappa shape index (κ1) is 23.1. The lowest BCUT2D eigenvalue weighted by Gasteiger charge is -2.34. The molecule has 0 amide bonds. The summed E-state index contributed by atoms with van der Waals surface area (Å²) < 4.78 is 70.2. The second kappa shape index (κ2) is 8.26. The zero-order valence-electron chi connectivity index (χ0n) is 17.1. The van der Waals surface area contributed by atoms with Gasteiger partial charge in [0, 0.05) is 5.41 Å². The van der Waals surface area contributed by atoms with Crippen molar-refractivity contribution in [1.29, 1.82) is 0 Å². The van der Waals surface area contributed by atoms with Gasteiger partial charge in [-0.15, -0.1) is 0 Å². The van der Waals surface area contributed by atoms with Crippen LogP contribution in [0.1, 0.15) is 48.9 Å². The lowest BCUT2D eigenvalue weighted by molar-refractivity contribution is -0.0500. The number of rotatable bonds is 7. The van der Waals surface area contributed by atoms with Gasteiger partial charge in [0.1, 0.15) is 11.5 Å². The minimum atomic E-state index is -5.71. The largest absolute Gasteiger partial charge is 0.534 e. The molecule has 0 saturated heterocycles. The molecule has 160 valence electrons. The number of benzene rings is 2. The third-order valence-electron chi connectivity index (χ3n) is 5.37. The Bertz CT molecular complexity index is 978. The van der Waals surface area contributed by atoms with Gasteiger partial charge in [-0.05, 0) is 61.1 Å². The van der Waals surface area contributed by atoms with E-state index in [4.69, 9.17) is 4.74 Å². The summed E-state index contributed by atoms with van der Waals surface area (Å²) in [6, 6.07) is 10.5. The molecule has 0 aliphatic carbocycles. The molecule has 0 aliphatic rings. The highest BCUT2D eigenvalue weighted by molar-refractivity contribution is 7.88. The highest BCUT2D eigenvalue weighted by atomic mass is 32.2. The molecule has 8 heteroatoms. The van der Waals surface area contributed by atoms with Crippen molar-refractivity contribution in [1.82, 2.24) is 0 Å². The molecule has 0 bridgehead atoms. The zero-order valence-corrected chi connectivity index (χ0v) is 17.9. The molecule has 0 saturated carbocycles. The van der Waals surface area contributed by atoms with Gasteiger partial charge in [0.15, 0.2) is 0 Å². The second-order valence-electron chi connectivity index (χ2n) is 6.94. The summed E-state index contributed by atoms with van der Waals surface area (Å²) in [5.41, 5.74) is -2.65. The molecule has 2 rings (SSSR count). The van der Waals surface area contributed by atoms with Crippen LogP contribution in [0.5, 0.6) is 11.5 Å². The Labute approximate surface area is 169 Å². The van der Waals surface area contributed by atoms with E-state index in [1.165, 1.54) is 13.0 Å². The van der Waals surface area contributed by atoms with Gasteiger partial charge in [-0.2, -0.15) is 21.6 Å². The Morgan fingerprint density at radius 1 is 0.862 bits per heavy atom. The zero-order chi connectivity index (χ0) is 22.0.